The maximum Gasteiger partial charge on any atom is 0.306 e. The molecule has 0 aromatic rings. The minimum absolute atomic E-state index is 0.0839. The van der Waals surface area contributed by atoms with Gasteiger partial charge in [0.2, 0.25) is 0 Å². The lowest BCUT2D eigenvalue weighted by atomic mass is 10.0. The summed E-state index contributed by atoms with van der Waals surface area (Å²) < 4.78 is 16.9. The van der Waals surface area contributed by atoms with Crippen molar-refractivity contribution in [3.05, 3.63) is 60.8 Å². The highest BCUT2D eigenvalue weighted by Crippen LogP contribution is 2.18. The molecule has 0 aliphatic rings. The van der Waals surface area contributed by atoms with Crippen LogP contribution in [0.15, 0.2) is 60.8 Å². The van der Waals surface area contributed by atoms with Gasteiger partial charge in [-0.15, -0.1) is 0 Å². The van der Waals surface area contributed by atoms with Crippen molar-refractivity contribution in [1.29, 1.82) is 0 Å². The third-order valence-corrected chi connectivity index (χ3v) is 14.5. The predicted octanol–water partition coefficient (Wildman–Crippen LogP) is 22.3. The van der Waals surface area contributed by atoms with Gasteiger partial charge in [-0.25, -0.2) is 0 Å². The molecule has 0 aliphatic heterocycles. The molecule has 436 valence electrons. The Morgan fingerprint density at radius 2 is 0.520 bits per heavy atom. The number of unbranched alkanes of at least 4 members (excludes halogenated alkanes) is 39. The summed E-state index contributed by atoms with van der Waals surface area (Å²) in [4.78, 5) is 38.3. The third-order valence-electron chi connectivity index (χ3n) is 14.5. The topological polar surface area (TPSA) is 78.9 Å². The van der Waals surface area contributed by atoms with E-state index in [1.54, 1.807) is 0 Å². The van der Waals surface area contributed by atoms with Crippen LogP contribution in [0.3, 0.4) is 0 Å². The Balaban J connectivity index is 4.24. The third kappa shape index (κ3) is 61.8. The van der Waals surface area contributed by atoms with Gasteiger partial charge < -0.3 is 14.2 Å². The molecule has 0 bridgehead atoms. The van der Waals surface area contributed by atoms with E-state index in [2.05, 4.69) is 81.5 Å². The number of carbonyl (C=O) groups excluding carboxylic acids is 3. The fraction of sp³-hybridized carbons (Fsp3) is 0.812. The molecule has 0 radical (unpaired) electrons. The van der Waals surface area contributed by atoms with Crippen LogP contribution in [0.4, 0.5) is 0 Å². The second-order valence-electron chi connectivity index (χ2n) is 22.0. The van der Waals surface area contributed by atoms with E-state index < -0.39 is 6.10 Å². The highest BCUT2D eigenvalue weighted by Gasteiger charge is 2.19. The van der Waals surface area contributed by atoms with Crippen LogP contribution in [0.25, 0.3) is 0 Å². The molecule has 0 N–H and O–H groups in total. The van der Waals surface area contributed by atoms with Gasteiger partial charge in [-0.2, -0.15) is 0 Å². The Labute approximate surface area is 466 Å². The fourth-order valence-corrected chi connectivity index (χ4v) is 9.61. The molecule has 0 spiro atoms. The van der Waals surface area contributed by atoms with Crippen LogP contribution >= 0.6 is 0 Å². The van der Waals surface area contributed by atoms with E-state index in [9.17, 15) is 14.4 Å². The van der Waals surface area contributed by atoms with Gasteiger partial charge in [-0.3, -0.25) is 14.4 Å². The standard InChI is InChI=1S/C69H124O6/c1-4-7-10-13-16-19-22-25-27-29-30-31-32-33-34-35-36-37-38-40-41-44-47-50-53-56-59-62-68(71)74-65-66(64-73-67(70)61-58-55-52-49-46-43-24-21-18-15-12-9-6-3)75-69(72)63-60-57-54-51-48-45-42-39-28-26-23-20-17-14-11-8-5-2/h8,11,17,20-21,24,26,28,42,45,66H,4-7,9-10,12-16,18-19,22-23,25,27,29-41,43-44,46-65H2,1-3H3/b11-8-,20-17-,24-21-,28-26-,45-42-. The lowest BCUT2D eigenvalue weighted by Crippen LogP contribution is -2.30. The minimum Gasteiger partial charge on any atom is -0.462 e. The Morgan fingerprint density at radius 1 is 0.280 bits per heavy atom. The first-order chi connectivity index (χ1) is 37.0. The summed E-state index contributed by atoms with van der Waals surface area (Å²) in [7, 11) is 0. The smallest absolute Gasteiger partial charge is 0.306 e. The minimum atomic E-state index is -0.790. The van der Waals surface area contributed by atoms with Gasteiger partial charge >= 0.3 is 17.9 Å². The molecule has 0 amide bonds. The molecule has 0 saturated carbocycles. The molecule has 0 aliphatic carbocycles. The zero-order valence-corrected chi connectivity index (χ0v) is 50.1. The van der Waals surface area contributed by atoms with Gasteiger partial charge in [0.05, 0.1) is 0 Å². The molecule has 0 rings (SSSR count). The van der Waals surface area contributed by atoms with Crippen molar-refractivity contribution in [1.82, 2.24) is 0 Å². The Kier molecular flexibility index (Phi) is 61.2. The number of ether oxygens (including phenoxy) is 3. The summed E-state index contributed by atoms with van der Waals surface area (Å²) in [6.07, 6.45) is 81.0. The van der Waals surface area contributed by atoms with E-state index in [4.69, 9.17) is 14.2 Å². The number of hydrogen-bond acceptors (Lipinski definition) is 6. The van der Waals surface area contributed by atoms with Crippen LogP contribution in [0.2, 0.25) is 0 Å². The second-order valence-corrected chi connectivity index (χ2v) is 22.0. The lowest BCUT2D eigenvalue weighted by molar-refractivity contribution is -0.167. The molecule has 1 unspecified atom stereocenters. The number of rotatable bonds is 60. The Hall–Kier alpha value is -2.89. The zero-order valence-electron chi connectivity index (χ0n) is 50.1. The zero-order chi connectivity index (χ0) is 54.3. The van der Waals surface area contributed by atoms with E-state index >= 15 is 0 Å². The first-order valence-corrected chi connectivity index (χ1v) is 32.8. The maximum atomic E-state index is 12.9. The summed E-state index contributed by atoms with van der Waals surface area (Å²) in [5.41, 5.74) is 0. The average molecular weight is 1050 g/mol. The predicted molar refractivity (Wildman–Crippen MR) is 325 cm³/mol. The molecule has 0 saturated heterocycles. The molecule has 6 heteroatoms. The van der Waals surface area contributed by atoms with Crippen LogP contribution in [-0.4, -0.2) is 37.2 Å². The lowest BCUT2D eigenvalue weighted by Gasteiger charge is -2.18. The van der Waals surface area contributed by atoms with Gasteiger partial charge in [0.1, 0.15) is 13.2 Å². The van der Waals surface area contributed by atoms with E-state index in [-0.39, 0.29) is 31.1 Å². The molecule has 0 aromatic heterocycles. The van der Waals surface area contributed by atoms with E-state index in [1.165, 1.54) is 199 Å². The molecule has 0 aromatic carbocycles. The molecular weight excluding hydrogens is 925 g/mol. The van der Waals surface area contributed by atoms with Crippen molar-refractivity contribution < 1.29 is 28.6 Å². The van der Waals surface area contributed by atoms with Crippen LogP contribution in [-0.2, 0) is 28.6 Å². The van der Waals surface area contributed by atoms with Crippen molar-refractivity contribution in [2.75, 3.05) is 13.2 Å². The van der Waals surface area contributed by atoms with Crippen LogP contribution in [0.1, 0.15) is 342 Å². The van der Waals surface area contributed by atoms with Crippen molar-refractivity contribution in [2.24, 2.45) is 0 Å². The highest BCUT2D eigenvalue weighted by atomic mass is 16.6. The summed E-state index contributed by atoms with van der Waals surface area (Å²) in [5.74, 6) is -0.900. The average Bonchev–Trinajstić information content (AvgIpc) is 3.41. The van der Waals surface area contributed by atoms with Crippen molar-refractivity contribution in [2.45, 2.75) is 348 Å². The van der Waals surface area contributed by atoms with E-state index in [1.807, 2.05) is 0 Å². The summed E-state index contributed by atoms with van der Waals surface area (Å²) in [6.45, 7) is 6.53. The summed E-state index contributed by atoms with van der Waals surface area (Å²) in [5, 5.41) is 0. The number of esters is 3. The van der Waals surface area contributed by atoms with Gasteiger partial charge in [-0.05, 0) is 83.5 Å². The van der Waals surface area contributed by atoms with Gasteiger partial charge in [-0.1, -0.05) is 300 Å². The molecule has 6 nitrogen and oxygen atoms in total. The van der Waals surface area contributed by atoms with Crippen LogP contribution < -0.4 is 0 Å². The van der Waals surface area contributed by atoms with Gasteiger partial charge in [0.25, 0.3) is 0 Å². The number of allylic oxidation sites excluding steroid dienone is 10. The second kappa shape index (κ2) is 63.6. The van der Waals surface area contributed by atoms with Crippen LogP contribution in [0.5, 0.6) is 0 Å². The molecule has 0 fully saturated rings. The van der Waals surface area contributed by atoms with Crippen LogP contribution in [0, 0.1) is 0 Å². The van der Waals surface area contributed by atoms with E-state index in [0.717, 1.165) is 103 Å². The molecule has 75 heavy (non-hydrogen) atoms. The summed E-state index contributed by atoms with van der Waals surface area (Å²) in [6, 6.07) is 0. The molecular formula is C69H124O6. The van der Waals surface area contributed by atoms with E-state index in [0.29, 0.717) is 19.3 Å². The first-order valence-electron chi connectivity index (χ1n) is 32.8. The van der Waals surface area contributed by atoms with Gasteiger partial charge in [0, 0.05) is 19.3 Å². The maximum absolute atomic E-state index is 12.9. The largest absolute Gasteiger partial charge is 0.462 e. The van der Waals surface area contributed by atoms with Crippen molar-refractivity contribution >= 4 is 17.9 Å². The normalized spacial score (nSPS) is 12.4. The Bertz CT molecular complexity index is 1340. The quantitative estimate of drug-likeness (QED) is 0.0261. The monoisotopic (exact) mass is 1050 g/mol. The van der Waals surface area contributed by atoms with Crippen molar-refractivity contribution in [3.8, 4) is 0 Å². The highest BCUT2D eigenvalue weighted by molar-refractivity contribution is 5.71. The SMILES string of the molecule is CC/C=C\C/C=C\C/C=C\C/C=C\CCCCCCC(=O)OC(COC(=O)CCCCCCC/C=C\CCCCCC)COC(=O)CCCCCCCCCCCCCCCCCCCCCCCCCCCCC. The van der Waals surface area contributed by atoms with Crippen molar-refractivity contribution in [3.63, 3.8) is 0 Å². The first kappa shape index (κ1) is 72.1. The number of carbonyl (C=O) groups is 3. The fourth-order valence-electron chi connectivity index (χ4n) is 9.61. The summed E-state index contributed by atoms with van der Waals surface area (Å²) >= 11 is 0. The molecule has 1 atom stereocenters. The molecule has 0 heterocycles. The Morgan fingerprint density at radius 3 is 0.840 bits per heavy atom. The van der Waals surface area contributed by atoms with Gasteiger partial charge in [0.15, 0.2) is 6.10 Å². The number of hydrogen-bond donors (Lipinski definition) is 0.